The van der Waals surface area contributed by atoms with E-state index in [4.69, 9.17) is 9.47 Å². The van der Waals surface area contributed by atoms with Crippen molar-refractivity contribution in [2.24, 2.45) is 0 Å². The van der Waals surface area contributed by atoms with Gasteiger partial charge in [-0.2, -0.15) is 0 Å². The number of hydrogen-bond donors (Lipinski definition) is 1. The van der Waals surface area contributed by atoms with Crippen LogP contribution in [0, 0.1) is 17.0 Å². The van der Waals surface area contributed by atoms with E-state index in [0.717, 1.165) is 0 Å². The number of nitrogens with zero attached hydrogens (tertiary/aromatic N) is 1. The van der Waals surface area contributed by atoms with Gasteiger partial charge in [-0.05, 0) is 31.2 Å². The summed E-state index contributed by atoms with van der Waals surface area (Å²) in [6.45, 7) is 1.66. The van der Waals surface area contributed by atoms with E-state index >= 15 is 0 Å². The molecule has 0 amide bonds. The van der Waals surface area contributed by atoms with Crippen molar-refractivity contribution >= 4 is 5.69 Å². The van der Waals surface area contributed by atoms with Gasteiger partial charge in [-0.1, -0.05) is 12.1 Å². The van der Waals surface area contributed by atoms with E-state index in [1.165, 1.54) is 25.3 Å². The zero-order chi connectivity index (χ0) is 14.7. The van der Waals surface area contributed by atoms with Crippen molar-refractivity contribution in [3.63, 3.8) is 0 Å². The summed E-state index contributed by atoms with van der Waals surface area (Å²) in [5.74, 6) is 0.586. The van der Waals surface area contributed by atoms with Crippen molar-refractivity contribution in [1.29, 1.82) is 0 Å². The Morgan fingerprint density at radius 1 is 1.10 bits per heavy atom. The first-order valence-corrected chi connectivity index (χ1v) is 5.82. The van der Waals surface area contributed by atoms with Gasteiger partial charge < -0.3 is 14.6 Å². The fourth-order valence-electron chi connectivity index (χ4n) is 1.76. The Balaban J connectivity index is 2.48. The van der Waals surface area contributed by atoms with E-state index in [1.807, 2.05) is 0 Å². The van der Waals surface area contributed by atoms with Crippen LogP contribution in [-0.2, 0) is 0 Å². The van der Waals surface area contributed by atoms with Gasteiger partial charge in [-0.25, -0.2) is 0 Å². The van der Waals surface area contributed by atoms with Gasteiger partial charge in [0.15, 0.2) is 0 Å². The minimum atomic E-state index is -0.563. The molecule has 2 aromatic rings. The smallest absolute Gasteiger partial charge is 0.352 e. The predicted octanol–water partition coefficient (Wildman–Crippen LogP) is 3.41. The van der Waals surface area contributed by atoms with Crippen molar-refractivity contribution < 1.29 is 19.5 Å². The number of nitro benzene ring substituents is 1. The Morgan fingerprint density at radius 2 is 1.70 bits per heavy atom. The van der Waals surface area contributed by atoms with Gasteiger partial charge in [-0.15, -0.1) is 0 Å². The monoisotopic (exact) mass is 275 g/mol. The average molecular weight is 275 g/mol. The fourth-order valence-corrected chi connectivity index (χ4v) is 1.76. The molecule has 0 fully saturated rings. The van der Waals surface area contributed by atoms with Gasteiger partial charge in [0.1, 0.15) is 11.5 Å². The van der Waals surface area contributed by atoms with Crippen LogP contribution in [0.15, 0.2) is 36.4 Å². The molecule has 0 aliphatic heterocycles. The number of nitro groups is 1. The van der Waals surface area contributed by atoms with Gasteiger partial charge in [0.2, 0.25) is 11.5 Å². The quantitative estimate of drug-likeness (QED) is 0.683. The number of ether oxygens (including phenoxy) is 2. The highest BCUT2D eigenvalue weighted by atomic mass is 16.6. The van der Waals surface area contributed by atoms with Crippen LogP contribution >= 0.6 is 0 Å². The van der Waals surface area contributed by atoms with Crippen LogP contribution in [0.25, 0.3) is 0 Å². The third kappa shape index (κ3) is 2.49. The van der Waals surface area contributed by atoms with E-state index < -0.39 is 4.92 Å². The molecule has 0 bridgehead atoms. The van der Waals surface area contributed by atoms with Crippen molar-refractivity contribution in [3.8, 4) is 23.0 Å². The van der Waals surface area contributed by atoms with Crippen LogP contribution in [0.1, 0.15) is 5.56 Å². The van der Waals surface area contributed by atoms with E-state index in [9.17, 15) is 15.2 Å². The van der Waals surface area contributed by atoms with Crippen LogP contribution < -0.4 is 9.47 Å². The maximum atomic E-state index is 11.1. The highest BCUT2D eigenvalue weighted by Gasteiger charge is 2.22. The summed E-state index contributed by atoms with van der Waals surface area (Å²) in [7, 11) is 1.35. The number of hydrogen-bond acceptors (Lipinski definition) is 5. The average Bonchev–Trinajstić information content (AvgIpc) is 2.43. The molecule has 0 saturated carbocycles. The molecule has 2 aromatic carbocycles. The largest absolute Gasteiger partial charge is 0.508 e. The highest BCUT2D eigenvalue weighted by Crippen LogP contribution is 2.40. The second-order valence-corrected chi connectivity index (χ2v) is 4.07. The molecule has 0 aliphatic carbocycles. The van der Waals surface area contributed by atoms with Crippen LogP contribution in [0.2, 0.25) is 0 Å². The molecule has 0 heterocycles. The maximum Gasteiger partial charge on any atom is 0.352 e. The summed E-state index contributed by atoms with van der Waals surface area (Å²) in [6.07, 6.45) is 0. The number of phenolic OH excluding ortho intramolecular Hbond substituents is 1. The Morgan fingerprint density at radius 3 is 2.35 bits per heavy atom. The van der Waals surface area contributed by atoms with Crippen molar-refractivity contribution in [2.45, 2.75) is 6.92 Å². The normalized spacial score (nSPS) is 10.1. The molecule has 0 saturated heterocycles. The lowest BCUT2D eigenvalue weighted by Gasteiger charge is -2.11. The summed E-state index contributed by atoms with van der Waals surface area (Å²) in [4.78, 5) is 10.6. The molecule has 1 N–H and O–H groups in total. The number of benzene rings is 2. The molecule has 20 heavy (non-hydrogen) atoms. The second kappa shape index (κ2) is 5.48. The van der Waals surface area contributed by atoms with Crippen molar-refractivity contribution in [3.05, 3.63) is 52.1 Å². The first-order valence-electron chi connectivity index (χ1n) is 5.82. The molecule has 0 unspecified atom stereocenters. The van der Waals surface area contributed by atoms with Crippen LogP contribution in [-0.4, -0.2) is 17.1 Å². The number of aromatic hydroxyl groups is 1. The van der Waals surface area contributed by atoms with Crippen molar-refractivity contribution in [1.82, 2.24) is 0 Å². The summed E-state index contributed by atoms with van der Waals surface area (Å²) in [5, 5.41) is 20.8. The first kappa shape index (κ1) is 13.7. The topological polar surface area (TPSA) is 81.8 Å². The summed E-state index contributed by atoms with van der Waals surface area (Å²) < 4.78 is 10.5. The van der Waals surface area contributed by atoms with Gasteiger partial charge in [0.05, 0.1) is 12.0 Å². The third-order valence-electron chi connectivity index (χ3n) is 2.84. The van der Waals surface area contributed by atoms with Gasteiger partial charge in [0, 0.05) is 5.56 Å². The minimum Gasteiger partial charge on any atom is -0.508 e. The van der Waals surface area contributed by atoms with E-state index in [2.05, 4.69) is 0 Å². The summed E-state index contributed by atoms with van der Waals surface area (Å²) in [6, 6.07) is 9.30. The molecule has 0 radical (unpaired) electrons. The maximum absolute atomic E-state index is 11.1. The minimum absolute atomic E-state index is 0.0584. The predicted molar refractivity (Wildman–Crippen MR) is 72.6 cm³/mol. The molecule has 0 spiro atoms. The molecule has 6 nitrogen and oxygen atoms in total. The lowest BCUT2D eigenvalue weighted by Crippen LogP contribution is -1.97. The standard InChI is InChI=1S/C14H13NO5/c1-9-10(16)5-3-6-11(9)20-13-8-4-7-12(19-2)14(13)15(17)18/h3-8,16H,1-2H3. The molecule has 2 rings (SSSR count). The number of phenols is 1. The Kier molecular flexibility index (Phi) is 3.74. The molecule has 6 heteroatoms. The Hall–Kier alpha value is -2.76. The Bertz CT molecular complexity index is 654. The summed E-state index contributed by atoms with van der Waals surface area (Å²) >= 11 is 0. The highest BCUT2D eigenvalue weighted by molar-refractivity contribution is 5.59. The Labute approximate surface area is 115 Å². The number of methoxy groups -OCH3 is 1. The van der Waals surface area contributed by atoms with Gasteiger partial charge >= 0.3 is 5.69 Å². The number of para-hydroxylation sites is 1. The first-order chi connectivity index (χ1) is 9.54. The van der Waals surface area contributed by atoms with E-state index in [0.29, 0.717) is 11.3 Å². The SMILES string of the molecule is COc1cccc(Oc2cccc(O)c2C)c1[N+](=O)[O-]. The summed E-state index contributed by atoms with van der Waals surface area (Å²) in [5.41, 5.74) is 0.252. The van der Waals surface area contributed by atoms with E-state index in [-0.39, 0.29) is 22.9 Å². The lowest BCUT2D eigenvalue weighted by molar-refractivity contribution is -0.386. The number of rotatable bonds is 4. The molecule has 0 aliphatic rings. The molecule has 0 aromatic heterocycles. The molecule has 104 valence electrons. The van der Waals surface area contributed by atoms with Crippen LogP contribution in [0.5, 0.6) is 23.0 Å². The zero-order valence-electron chi connectivity index (χ0n) is 11.0. The van der Waals surface area contributed by atoms with E-state index in [1.54, 1.807) is 25.1 Å². The molecular weight excluding hydrogens is 262 g/mol. The van der Waals surface area contributed by atoms with Crippen molar-refractivity contribution in [2.75, 3.05) is 7.11 Å². The second-order valence-electron chi connectivity index (χ2n) is 4.07. The molecular formula is C14H13NO5. The van der Waals surface area contributed by atoms with Gasteiger partial charge in [-0.3, -0.25) is 10.1 Å². The van der Waals surface area contributed by atoms with Crippen LogP contribution in [0.4, 0.5) is 5.69 Å². The molecule has 0 atom stereocenters. The zero-order valence-corrected chi connectivity index (χ0v) is 11.0. The lowest BCUT2D eigenvalue weighted by atomic mass is 10.2. The van der Waals surface area contributed by atoms with Gasteiger partial charge in [0.25, 0.3) is 0 Å². The fraction of sp³-hybridized carbons (Fsp3) is 0.143. The third-order valence-corrected chi connectivity index (χ3v) is 2.84. The van der Waals surface area contributed by atoms with Crippen LogP contribution in [0.3, 0.4) is 0 Å².